The van der Waals surface area contributed by atoms with Gasteiger partial charge in [0.1, 0.15) is 0 Å². The van der Waals surface area contributed by atoms with Crippen molar-refractivity contribution in [2.45, 2.75) is 34.8 Å². The molecule has 2 aromatic rings. The van der Waals surface area contributed by atoms with E-state index in [1.54, 1.807) is 4.90 Å². The Morgan fingerprint density at radius 3 is 2.45 bits per heavy atom. The molecule has 6 heteroatoms. The van der Waals surface area contributed by atoms with Crippen LogP contribution in [-0.2, 0) is 20.7 Å². The molecule has 3 radical (unpaired) electrons. The summed E-state index contributed by atoms with van der Waals surface area (Å²) in [5.74, 6) is -0.291. The summed E-state index contributed by atoms with van der Waals surface area (Å²) in [5, 5.41) is 3.53. The number of hydrogen-bond donors (Lipinski definition) is 1. The molecule has 0 saturated carbocycles. The predicted octanol–water partition coefficient (Wildman–Crippen LogP) is 2.26. The number of likely N-dealkylation sites (tertiary alicyclic amines) is 1. The van der Waals surface area contributed by atoms with Crippen LogP contribution in [0.2, 0.25) is 0 Å². The van der Waals surface area contributed by atoms with Crippen LogP contribution in [0.25, 0.3) is 0 Å². The van der Waals surface area contributed by atoms with E-state index in [0.717, 1.165) is 24.9 Å². The average Bonchev–Trinajstić information content (AvgIpc) is 3.20. The van der Waals surface area contributed by atoms with Crippen LogP contribution >= 0.6 is 0 Å². The van der Waals surface area contributed by atoms with E-state index < -0.39 is 6.04 Å². The van der Waals surface area contributed by atoms with Crippen LogP contribution in [0, 0.1) is 0 Å². The summed E-state index contributed by atoms with van der Waals surface area (Å²) in [4.78, 5) is 27.2. The van der Waals surface area contributed by atoms with E-state index >= 15 is 0 Å². The first-order chi connectivity index (χ1) is 14.1. The molecule has 1 N–H and O–H groups in total. The number of carbonyl (C=O) groups excluding carboxylic acids is 2. The number of nitrogens with one attached hydrogen (secondary N) is 1. The number of rotatable bonds is 8. The van der Waals surface area contributed by atoms with Gasteiger partial charge in [0, 0.05) is 0 Å². The molecule has 0 spiro atoms. The Labute approximate surface area is 188 Å². The van der Waals surface area contributed by atoms with Crippen LogP contribution in [-0.4, -0.2) is 74.8 Å². The Hall–Kier alpha value is -1.74. The van der Waals surface area contributed by atoms with E-state index in [-0.39, 0.29) is 21.4 Å². The second kappa shape index (κ2) is 10.9. The minimum atomic E-state index is -0.501. The van der Waals surface area contributed by atoms with Crippen molar-refractivity contribution in [2.75, 3.05) is 20.2 Å². The molecule has 1 aliphatic rings. The van der Waals surface area contributed by atoms with Crippen molar-refractivity contribution in [1.29, 1.82) is 0 Å². The van der Waals surface area contributed by atoms with Gasteiger partial charge in [-0.05, 0) is 0 Å². The van der Waals surface area contributed by atoms with E-state index in [2.05, 4.69) is 29.6 Å². The molecule has 3 rings (SSSR count). The van der Waals surface area contributed by atoms with Crippen molar-refractivity contribution in [3.05, 3.63) is 71.8 Å². The number of hydrogen-bond acceptors (Lipinski definition) is 4. The summed E-state index contributed by atoms with van der Waals surface area (Å²) in [7, 11) is 1.39. The van der Waals surface area contributed by atoms with Crippen LogP contribution in [0.15, 0.2) is 60.7 Å². The Morgan fingerprint density at radius 2 is 1.79 bits per heavy atom. The number of amides is 1. The van der Waals surface area contributed by atoms with Gasteiger partial charge in [0.15, 0.2) is 0 Å². The molecule has 0 bridgehead atoms. The van der Waals surface area contributed by atoms with Gasteiger partial charge >= 0.3 is 183 Å². The average molecular weight is 587 g/mol. The molecule has 0 aliphatic carbocycles. The van der Waals surface area contributed by atoms with Crippen molar-refractivity contribution in [3.8, 4) is 0 Å². The van der Waals surface area contributed by atoms with Gasteiger partial charge in [0.25, 0.3) is 0 Å². The molecule has 29 heavy (non-hydrogen) atoms. The normalized spacial score (nSPS) is 19.7. The summed E-state index contributed by atoms with van der Waals surface area (Å²) in [6.07, 6.45) is 2.64. The van der Waals surface area contributed by atoms with Gasteiger partial charge in [-0.25, -0.2) is 0 Å². The van der Waals surface area contributed by atoms with Crippen molar-refractivity contribution >= 4 is 37.6 Å². The molecule has 0 aromatic heterocycles. The van der Waals surface area contributed by atoms with E-state index in [9.17, 15) is 9.59 Å². The first-order valence-corrected chi connectivity index (χ1v) is 12.3. The standard InChI is InChI=1S/C23H27N2O3.Pb/c1-28-23(27)21-16-20(24-14-8-13-18-9-4-2-5-10-18)17-25(21)22(26)15-19-11-6-3-7-12-19;/h2-7,9-12,15,20-21,24H,8,13-14,16-17H2,1H3;. The molecule has 5 nitrogen and oxygen atoms in total. The van der Waals surface area contributed by atoms with Gasteiger partial charge in [-0.1, -0.05) is 6.07 Å². The van der Waals surface area contributed by atoms with E-state index in [1.165, 1.54) is 12.7 Å². The molecule has 1 saturated heterocycles. The van der Waals surface area contributed by atoms with Crippen LogP contribution in [0.5, 0.6) is 0 Å². The maximum absolute atomic E-state index is 13.2. The third-order valence-corrected chi connectivity index (χ3v) is 7.61. The summed E-state index contributed by atoms with van der Waals surface area (Å²) < 4.78 is 4.83. The summed E-state index contributed by atoms with van der Waals surface area (Å²) >= 11 is 0.703. The molecule has 1 fully saturated rings. The molecule has 3 unspecified atom stereocenters. The van der Waals surface area contributed by atoms with Gasteiger partial charge in [-0.15, -0.1) is 0 Å². The Morgan fingerprint density at radius 1 is 1.14 bits per heavy atom. The second-order valence-electron chi connectivity index (χ2n) is 7.35. The van der Waals surface area contributed by atoms with Crippen molar-refractivity contribution < 1.29 is 14.3 Å². The quantitative estimate of drug-likeness (QED) is 0.293. The molecular formula is C23H27N2O3Pb. The molecule has 2 aromatic carbocycles. The zero-order chi connectivity index (χ0) is 20.6. The predicted molar refractivity (Wildman–Crippen MR) is 114 cm³/mol. The molecule has 151 valence electrons. The molecular weight excluding hydrogens is 559 g/mol. The van der Waals surface area contributed by atoms with Gasteiger partial charge in [0.05, 0.1) is 0 Å². The van der Waals surface area contributed by atoms with Gasteiger partial charge in [-0.3, -0.25) is 0 Å². The Kier molecular flexibility index (Phi) is 8.23. The molecule has 3 atom stereocenters. The fraction of sp³-hybridized carbons (Fsp3) is 0.391. The molecule has 1 aliphatic heterocycles. The van der Waals surface area contributed by atoms with Crippen LogP contribution < -0.4 is 5.32 Å². The van der Waals surface area contributed by atoms with E-state index in [0.29, 0.717) is 38.7 Å². The van der Waals surface area contributed by atoms with Gasteiger partial charge in [-0.2, -0.15) is 0 Å². The number of benzene rings is 2. The molecule has 1 amide bonds. The zero-order valence-corrected chi connectivity index (χ0v) is 20.6. The second-order valence-corrected chi connectivity index (χ2v) is 9.59. The van der Waals surface area contributed by atoms with Crippen LogP contribution in [0.1, 0.15) is 27.4 Å². The summed E-state index contributed by atoms with van der Waals surface area (Å²) in [6, 6.07) is 19.8. The monoisotopic (exact) mass is 587 g/mol. The fourth-order valence-electron chi connectivity index (χ4n) is 3.78. The van der Waals surface area contributed by atoms with Gasteiger partial charge in [0.2, 0.25) is 0 Å². The van der Waals surface area contributed by atoms with E-state index in [1.807, 2.05) is 36.4 Å². The fourth-order valence-corrected chi connectivity index (χ4v) is 5.18. The molecule has 1 heterocycles. The maximum atomic E-state index is 13.2. The van der Waals surface area contributed by atoms with Crippen LogP contribution in [0.3, 0.4) is 0 Å². The zero-order valence-electron chi connectivity index (χ0n) is 16.7. The number of nitrogens with zero attached hydrogens (tertiary/aromatic N) is 1. The van der Waals surface area contributed by atoms with Crippen molar-refractivity contribution in [2.24, 2.45) is 0 Å². The number of carbonyl (C=O) groups is 2. The number of esters is 1. The van der Waals surface area contributed by atoms with E-state index in [4.69, 9.17) is 4.74 Å². The first-order valence-electron chi connectivity index (χ1n) is 10.0. The number of ether oxygens (including phenoxy) is 1. The van der Waals surface area contributed by atoms with Crippen molar-refractivity contribution in [1.82, 2.24) is 10.2 Å². The Bertz CT molecular complexity index is 800. The van der Waals surface area contributed by atoms with Crippen LogP contribution in [0.4, 0.5) is 0 Å². The summed E-state index contributed by atoms with van der Waals surface area (Å²) in [6.45, 7) is 1.41. The number of aryl methyl sites for hydroxylation is 1. The van der Waals surface area contributed by atoms with Gasteiger partial charge < -0.3 is 0 Å². The van der Waals surface area contributed by atoms with Crippen molar-refractivity contribution in [3.63, 3.8) is 0 Å². The first kappa shape index (κ1) is 22.0. The topological polar surface area (TPSA) is 58.6 Å². The minimum absolute atomic E-state index is 0.0341. The Balaban J connectivity index is 1.57. The summed E-state index contributed by atoms with van der Waals surface area (Å²) in [5.41, 5.74) is 2.35. The SMILES string of the molecule is COC(=O)C1CC(NCCCc2ccccc2)CN1C(=O)[CH]([Pb])c1ccccc1. The number of methoxy groups -OCH3 is 1. The third kappa shape index (κ3) is 5.88. The third-order valence-electron chi connectivity index (χ3n) is 5.36.